The number of morpholine rings is 1. The Bertz CT molecular complexity index is 1030. The van der Waals surface area contributed by atoms with Gasteiger partial charge in [0.1, 0.15) is 5.82 Å². The topological polar surface area (TPSA) is 131 Å². The molecule has 2 amide bonds. The van der Waals surface area contributed by atoms with Gasteiger partial charge in [-0.05, 0) is 19.8 Å². The third-order valence-electron chi connectivity index (χ3n) is 4.77. The maximum atomic E-state index is 11.9. The van der Waals surface area contributed by atoms with E-state index >= 15 is 0 Å². The molecule has 0 bridgehead atoms. The summed E-state index contributed by atoms with van der Waals surface area (Å²) >= 11 is 0. The summed E-state index contributed by atoms with van der Waals surface area (Å²) in [4.78, 5) is 23.0. The van der Waals surface area contributed by atoms with Crippen LogP contribution in [0.3, 0.4) is 0 Å². The number of carbonyl (C=O) groups is 1. The molecule has 1 saturated carbocycles. The van der Waals surface area contributed by atoms with Crippen molar-refractivity contribution in [3.63, 3.8) is 0 Å². The van der Waals surface area contributed by atoms with Crippen molar-refractivity contribution in [2.45, 2.75) is 37.6 Å². The molecular weight excluding hydrogens is 410 g/mol. The van der Waals surface area contributed by atoms with E-state index in [4.69, 9.17) is 4.74 Å². The number of nitrogens with zero attached hydrogens (tertiary/aromatic N) is 5. The van der Waals surface area contributed by atoms with Gasteiger partial charge in [-0.15, -0.1) is 5.10 Å². The fraction of sp³-hybridized carbons (Fsp3) is 0.556. The van der Waals surface area contributed by atoms with E-state index in [2.05, 4.69) is 30.6 Å². The fourth-order valence-corrected chi connectivity index (χ4v) is 3.88. The summed E-state index contributed by atoms with van der Waals surface area (Å²) < 4.78 is 30.6. The number of sulfone groups is 1. The maximum absolute atomic E-state index is 11.9. The summed E-state index contributed by atoms with van der Waals surface area (Å²) in [6, 6.07) is 3.35. The minimum Gasteiger partial charge on any atom is -0.377 e. The van der Waals surface area contributed by atoms with Gasteiger partial charge in [0.25, 0.3) is 5.95 Å². The molecule has 0 spiro atoms. The second-order valence-electron chi connectivity index (χ2n) is 7.72. The molecule has 12 heteroatoms. The van der Waals surface area contributed by atoms with E-state index < -0.39 is 9.84 Å². The quantitative estimate of drug-likeness (QED) is 0.678. The molecular formula is C18H25N7O4S. The molecule has 0 unspecified atom stereocenters. The Morgan fingerprint density at radius 3 is 2.83 bits per heavy atom. The first-order valence-corrected chi connectivity index (χ1v) is 11.9. The van der Waals surface area contributed by atoms with Crippen LogP contribution < -0.4 is 15.5 Å². The van der Waals surface area contributed by atoms with E-state index in [1.165, 1.54) is 10.9 Å². The third kappa shape index (κ3) is 5.25. The highest BCUT2D eigenvalue weighted by Crippen LogP contribution is 2.21. The normalized spacial score (nSPS) is 19.5. The van der Waals surface area contributed by atoms with Crippen molar-refractivity contribution in [2.24, 2.45) is 0 Å². The minimum atomic E-state index is -3.28. The first-order valence-electron chi connectivity index (χ1n) is 9.80. The van der Waals surface area contributed by atoms with Crippen LogP contribution in [0.25, 0.3) is 5.95 Å². The molecule has 11 nitrogen and oxygen atoms in total. The van der Waals surface area contributed by atoms with Crippen LogP contribution >= 0.6 is 0 Å². The van der Waals surface area contributed by atoms with Gasteiger partial charge >= 0.3 is 6.03 Å². The number of carbonyl (C=O) groups excluding carboxylic acids is 1. The van der Waals surface area contributed by atoms with Gasteiger partial charge in [-0.25, -0.2) is 22.9 Å². The Kier molecular flexibility index (Phi) is 5.60. The van der Waals surface area contributed by atoms with Gasteiger partial charge in [-0.3, -0.25) is 5.32 Å². The van der Waals surface area contributed by atoms with Gasteiger partial charge in [-0.1, -0.05) is 0 Å². The predicted molar refractivity (Wildman–Crippen MR) is 111 cm³/mol. The molecule has 2 N–H and O–H groups in total. The van der Waals surface area contributed by atoms with E-state index in [0.717, 1.165) is 12.8 Å². The van der Waals surface area contributed by atoms with E-state index in [1.54, 1.807) is 18.3 Å². The highest BCUT2D eigenvalue weighted by Gasteiger charge is 2.24. The number of amides is 2. The minimum absolute atomic E-state index is 0.0913. The van der Waals surface area contributed by atoms with Gasteiger partial charge in [0, 0.05) is 37.2 Å². The Balaban J connectivity index is 1.61. The molecule has 4 rings (SSSR count). The predicted octanol–water partition coefficient (Wildman–Crippen LogP) is 0.716. The Morgan fingerprint density at radius 1 is 1.33 bits per heavy atom. The summed E-state index contributed by atoms with van der Waals surface area (Å²) in [5.41, 5.74) is 0.382. The lowest BCUT2D eigenvalue weighted by atomic mass is 10.2. The number of hydrogen-bond donors (Lipinski definition) is 2. The highest BCUT2D eigenvalue weighted by atomic mass is 32.2. The van der Waals surface area contributed by atoms with Crippen LogP contribution in [0.1, 0.15) is 25.5 Å². The first-order chi connectivity index (χ1) is 14.3. The van der Waals surface area contributed by atoms with Crippen molar-refractivity contribution in [2.75, 3.05) is 36.2 Å². The van der Waals surface area contributed by atoms with Crippen molar-refractivity contribution >= 4 is 27.5 Å². The van der Waals surface area contributed by atoms with Crippen molar-refractivity contribution in [1.82, 2.24) is 25.1 Å². The van der Waals surface area contributed by atoms with Gasteiger partial charge in [0.2, 0.25) is 0 Å². The van der Waals surface area contributed by atoms with Crippen LogP contribution in [-0.2, 0) is 20.3 Å². The maximum Gasteiger partial charge on any atom is 0.320 e. The summed E-state index contributed by atoms with van der Waals surface area (Å²) in [5, 5.41) is 9.83. The van der Waals surface area contributed by atoms with E-state index in [1.807, 2.05) is 6.92 Å². The van der Waals surface area contributed by atoms with Crippen molar-refractivity contribution in [3.05, 3.63) is 24.0 Å². The molecule has 162 valence electrons. The zero-order valence-corrected chi connectivity index (χ0v) is 17.7. The van der Waals surface area contributed by atoms with Crippen molar-refractivity contribution in [1.29, 1.82) is 0 Å². The summed E-state index contributed by atoms with van der Waals surface area (Å²) in [6.07, 6.45) is 4.77. The molecule has 0 radical (unpaired) electrons. The van der Waals surface area contributed by atoms with Crippen molar-refractivity contribution < 1.29 is 17.9 Å². The van der Waals surface area contributed by atoms with Gasteiger partial charge in [0.05, 0.1) is 30.7 Å². The monoisotopic (exact) mass is 435 g/mol. The number of urea groups is 1. The molecule has 1 aliphatic carbocycles. The van der Waals surface area contributed by atoms with Crippen LogP contribution in [-0.4, -0.2) is 72.3 Å². The number of anilines is 2. The van der Waals surface area contributed by atoms with Gasteiger partial charge in [0.15, 0.2) is 15.7 Å². The molecule has 2 fully saturated rings. The Hall–Kier alpha value is -2.73. The van der Waals surface area contributed by atoms with Gasteiger partial charge < -0.3 is 15.0 Å². The van der Waals surface area contributed by atoms with E-state index in [9.17, 15) is 13.2 Å². The number of hydrogen-bond acceptors (Lipinski definition) is 8. The van der Waals surface area contributed by atoms with Crippen LogP contribution in [0.2, 0.25) is 0 Å². The standard InChI is InChI=1S/C18H25N7O4S/c1-12-10-29-8-7-24(12)16-9-14(11-30(2,27)28)19-17(22-16)25-6-5-15(23-25)21-18(26)20-13-3-4-13/h5-6,9,12-13H,3-4,7-8,10-11H2,1-2H3,(H2,20,21,23,26)/t12-/m0/s1. The largest absolute Gasteiger partial charge is 0.377 e. The summed E-state index contributed by atoms with van der Waals surface area (Å²) in [7, 11) is -3.28. The van der Waals surface area contributed by atoms with E-state index in [-0.39, 0.29) is 29.8 Å². The average Bonchev–Trinajstić information content (AvgIpc) is 3.35. The lowest BCUT2D eigenvalue weighted by Crippen LogP contribution is -2.44. The number of aromatic nitrogens is 4. The molecule has 3 heterocycles. The number of rotatable bonds is 6. The van der Waals surface area contributed by atoms with Crippen LogP contribution in [0, 0.1) is 0 Å². The Labute approximate surface area is 174 Å². The van der Waals surface area contributed by atoms with Crippen molar-refractivity contribution in [3.8, 4) is 5.95 Å². The molecule has 2 aromatic rings. The SMILES string of the molecule is C[C@H]1COCCN1c1cc(CS(C)(=O)=O)nc(-n2ccc(NC(=O)NC3CC3)n2)n1. The van der Waals surface area contributed by atoms with Gasteiger partial charge in [-0.2, -0.15) is 4.98 Å². The number of nitrogens with one attached hydrogen (secondary N) is 2. The molecule has 1 atom stereocenters. The molecule has 0 aromatic carbocycles. The van der Waals surface area contributed by atoms with E-state index in [0.29, 0.717) is 37.1 Å². The average molecular weight is 436 g/mol. The zero-order valence-electron chi connectivity index (χ0n) is 16.9. The molecule has 1 aliphatic heterocycles. The smallest absolute Gasteiger partial charge is 0.320 e. The highest BCUT2D eigenvalue weighted by molar-refractivity contribution is 7.89. The second kappa shape index (κ2) is 8.19. The van der Waals surface area contributed by atoms with Crippen LogP contribution in [0.5, 0.6) is 0 Å². The first kappa shape index (κ1) is 20.5. The Morgan fingerprint density at radius 2 is 2.13 bits per heavy atom. The summed E-state index contributed by atoms with van der Waals surface area (Å²) in [6.45, 7) is 3.79. The van der Waals surface area contributed by atoms with Crippen LogP contribution in [0.15, 0.2) is 18.3 Å². The van der Waals surface area contributed by atoms with Crippen LogP contribution in [0.4, 0.5) is 16.4 Å². The third-order valence-corrected chi connectivity index (χ3v) is 5.59. The lowest BCUT2D eigenvalue weighted by Gasteiger charge is -2.34. The zero-order chi connectivity index (χ0) is 21.3. The molecule has 1 saturated heterocycles. The molecule has 30 heavy (non-hydrogen) atoms. The number of ether oxygens (including phenoxy) is 1. The fourth-order valence-electron chi connectivity index (χ4n) is 3.20. The summed E-state index contributed by atoms with van der Waals surface area (Å²) in [5.74, 6) is 1.00. The second-order valence-corrected chi connectivity index (χ2v) is 9.86. The molecule has 2 aliphatic rings. The molecule has 2 aromatic heterocycles. The lowest BCUT2D eigenvalue weighted by molar-refractivity contribution is 0.0985.